The highest BCUT2D eigenvalue weighted by molar-refractivity contribution is 8.18. The first-order chi connectivity index (χ1) is 13.8. The Hall–Kier alpha value is -2.73. The Kier molecular flexibility index (Phi) is 6.33. The average Bonchev–Trinajstić information content (AvgIpc) is 2.92. The zero-order valence-corrected chi connectivity index (χ0v) is 17.9. The second kappa shape index (κ2) is 8.74. The number of hydrogen-bond acceptors (Lipinski definition) is 5. The van der Waals surface area contributed by atoms with E-state index in [1.54, 1.807) is 24.3 Å². The maximum absolute atomic E-state index is 12.7. The van der Waals surface area contributed by atoms with Gasteiger partial charge in [0.15, 0.2) is 0 Å². The molecule has 2 amide bonds. The van der Waals surface area contributed by atoms with Crippen molar-refractivity contribution >= 4 is 29.0 Å². The van der Waals surface area contributed by atoms with Crippen LogP contribution in [0, 0.1) is 13.8 Å². The number of hydrogen-bond donors (Lipinski definition) is 1. The monoisotopic (exact) mass is 411 g/mol. The standard InChI is InChI=1S/C23H25NO4S/c1-14(2)18-7-5-16(4)12-20(18)28-10-9-24-22(26)21(29-23(24)27)13-17-11-15(3)6-8-19(17)25/h5-8,11-14,25H,9-10H2,1-4H3/b21-13-. The fraction of sp³-hybridized carbons (Fsp3) is 0.304. The number of benzene rings is 2. The third kappa shape index (κ3) is 4.82. The zero-order valence-electron chi connectivity index (χ0n) is 17.1. The average molecular weight is 412 g/mol. The van der Waals surface area contributed by atoms with Gasteiger partial charge in [-0.05, 0) is 66.9 Å². The normalized spacial score (nSPS) is 15.6. The number of carbonyl (C=O) groups is 2. The molecule has 1 heterocycles. The maximum atomic E-state index is 12.7. The summed E-state index contributed by atoms with van der Waals surface area (Å²) in [7, 11) is 0. The molecular formula is C23H25NO4S. The summed E-state index contributed by atoms with van der Waals surface area (Å²) in [5.74, 6) is 0.809. The van der Waals surface area contributed by atoms with Gasteiger partial charge in [-0.25, -0.2) is 0 Å². The van der Waals surface area contributed by atoms with Crippen LogP contribution in [0.4, 0.5) is 4.79 Å². The van der Waals surface area contributed by atoms with Crippen molar-refractivity contribution in [2.75, 3.05) is 13.2 Å². The zero-order chi connectivity index (χ0) is 21.1. The van der Waals surface area contributed by atoms with Crippen molar-refractivity contribution in [3.05, 3.63) is 63.6 Å². The topological polar surface area (TPSA) is 66.8 Å². The maximum Gasteiger partial charge on any atom is 0.293 e. The van der Waals surface area contributed by atoms with Gasteiger partial charge in [0.25, 0.3) is 11.1 Å². The van der Waals surface area contributed by atoms with Gasteiger partial charge in [0.2, 0.25) is 0 Å². The van der Waals surface area contributed by atoms with Crippen LogP contribution in [-0.4, -0.2) is 34.3 Å². The SMILES string of the molecule is Cc1ccc(O)c(/C=C2\SC(=O)N(CCOc3cc(C)ccc3C(C)C)C2=O)c1. The molecule has 1 aliphatic rings. The molecule has 1 aliphatic heterocycles. The Bertz CT molecular complexity index is 981. The van der Waals surface area contributed by atoms with Gasteiger partial charge in [-0.3, -0.25) is 14.5 Å². The summed E-state index contributed by atoms with van der Waals surface area (Å²) in [6.45, 7) is 8.49. The summed E-state index contributed by atoms with van der Waals surface area (Å²) in [6, 6.07) is 11.2. The van der Waals surface area contributed by atoms with Crippen molar-refractivity contribution in [3.8, 4) is 11.5 Å². The van der Waals surface area contributed by atoms with E-state index in [1.807, 2.05) is 32.0 Å². The van der Waals surface area contributed by atoms with E-state index in [9.17, 15) is 14.7 Å². The minimum absolute atomic E-state index is 0.0754. The molecule has 152 valence electrons. The third-order valence-corrected chi connectivity index (χ3v) is 5.61. The number of ether oxygens (including phenoxy) is 1. The van der Waals surface area contributed by atoms with E-state index < -0.39 is 0 Å². The van der Waals surface area contributed by atoms with E-state index in [0.717, 1.165) is 34.2 Å². The second-order valence-corrected chi connectivity index (χ2v) is 8.43. The highest BCUT2D eigenvalue weighted by Gasteiger charge is 2.35. The summed E-state index contributed by atoms with van der Waals surface area (Å²) in [5.41, 5.74) is 3.67. The van der Waals surface area contributed by atoms with Gasteiger partial charge in [0, 0.05) is 5.56 Å². The highest BCUT2D eigenvalue weighted by Crippen LogP contribution is 2.34. The first kappa shape index (κ1) is 21.0. The molecule has 0 unspecified atom stereocenters. The van der Waals surface area contributed by atoms with Crippen molar-refractivity contribution in [1.29, 1.82) is 0 Å². The third-order valence-electron chi connectivity index (χ3n) is 4.71. The lowest BCUT2D eigenvalue weighted by Crippen LogP contribution is -2.32. The van der Waals surface area contributed by atoms with Crippen LogP contribution < -0.4 is 4.74 Å². The molecule has 3 rings (SSSR count). The number of phenolic OH excluding ortho intramolecular Hbond substituents is 1. The van der Waals surface area contributed by atoms with Crippen molar-refractivity contribution in [2.24, 2.45) is 0 Å². The lowest BCUT2D eigenvalue weighted by molar-refractivity contribution is -0.123. The Balaban J connectivity index is 1.69. The van der Waals surface area contributed by atoms with Crippen molar-refractivity contribution in [1.82, 2.24) is 4.90 Å². The number of carbonyl (C=O) groups excluding carboxylic acids is 2. The molecule has 2 aromatic rings. The molecule has 1 saturated heterocycles. The van der Waals surface area contributed by atoms with E-state index in [0.29, 0.717) is 16.4 Å². The molecule has 0 spiro atoms. The van der Waals surface area contributed by atoms with Gasteiger partial charge in [-0.15, -0.1) is 0 Å². The predicted octanol–water partition coefficient (Wildman–Crippen LogP) is 5.25. The van der Waals surface area contributed by atoms with Crippen LogP contribution in [-0.2, 0) is 4.79 Å². The van der Waals surface area contributed by atoms with Crippen LogP contribution in [0.5, 0.6) is 11.5 Å². The number of nitrogens with zero attached hydrogens (tertiary/aromatic N) is 1. The summed E-state index contributed by atoms with van der Waals surface area (Å²) in [6.07, 6.45) is 1.56. The molecule has 0 bridgehead atoms. The Morgan fingerprint density at radius 1 is 1.10 bits per heavy atom. The van der Waals surface area contributed by atoms with Crippen molar-refractivity contribution < 1.29 is 19.4 Å². The number of imide groups is 1. The molecular weight excluding hydrogens is 386 g/mol. The number of rotatable bonds is 6. The molecule has 6 heteroatoms. The van der Waals surface area contributed by atoms with Crippen LogP contribution in [0.25, 0.3) is 6.08 Å². The number of thioether (sulfide) groups is 1. The minimum Gasteiger partial charge on any atom is -0.507 e. The second-order valence-electron chi connectivity index (χ2n) is 7.44. The van der Waals surface area contributed by atoms with Gasteiger partial charge in [-0.2, -0.15) is 0 Å². The Labute approximate surface area is 175 Å². The quantitative estimate of drug-likeness (QED) is 0.658. The van der Waals surface area contributed by atoms with Crippen LogP contribution in [0.15, 0.2) is 41.3 Å². The lowest BCUT2D eigenvalue weighted by atomic mass is 10.0. The Morgan fingerprint density at radius 3 is 2.52 bits per heavy atom. The molecule has 29 heavy (non-hydrogen) atoms. The fourth-order valence-corrected chi connectivity index (χ4v) is 3.97. The molecule has 0 aromatic heterocycles. The van der Waals surface area contributed by atoms with Gasteiger partial charge in [0.05, 0.1) is 11.4 Å². The first-order valence-corrected chi connectivity index (χ1v) is 10.4. The van der Waals surface area contributed by atoms with Crippen LogP contribution in [0.2, 0.25) is 0 Å². The molecule has 1 N–H and O–H groups in total. The van der Waals surface area contributed by atoms with Gasteiger partial charge >= 0.3 is 0 Å². The molecule has 1 fully saturated rings. The predicted molar refractivity (Wildman–Crippen MR) is 116 cm³/mol. The van der Waals surface area contributed by atoms with E-state index in [1.165, 1.54) is 4.90 Å². The first-order valence-electron chi connectivity index (χ1n) is 9.54. The number of amides is 2. The minimum atomic E-state index is -0.363. The summed E-state index contributed by atoms with van der Waals surface area (Å²) in [4.78, 5) is 26.5. The highest BCUT2D eigenvalue weighted by atomic mass is 32.2. The van der Waals surface area contributed by atoms with Gasteiger partial charge in [0.1, 0.15) is 18.1 Å². The van der Waals surface area contributed by atoms with Gasteiger partial charge in [-0.1, -0.05) is 37.6 Å². The van der Waals surface area contributed by atoms with Crippen molar-refractivity contribution in [2.45, 2.75) is 33.6 Å². The smallest absolute Gasteiger partial charge is 0.293 e. The summed E-state index contributed by atoms with van der Waals surface area (Å²) >= 11 is 0.880. The molecule has 0 saturated carbocycles. The van der Waals surface area contributed by atoms with E-state index in [4.69, 9.17) is 4.74 Å². The summed E-state index contributed by atoms with van der Waals surface area (Å²) < 4.78 is 5.91. The molecule has 0 radical (unpaired) electrons. The fourth-order valence-electron chi connectivity index (χ4n) is 3.11. The number of phenols is 1. The number of aryl methyl sites for hydroxylation is 2. The molecule has 0 aliphatic carbocycles. The number of aromatic hydroxyl groups is 1. The van der Waals surface area contributed by atoms with Crippen LogP contribution in [0.1, 0.15) is 42.0 Å². The van der Waals surface area contributed by atoms with E-state index in [2.05, 4.69) is 13.8 Å². The molecule has 2 aromatic carbocycles. The van der Waals surface area contributed by atoms with E-state index in [-0.39, 0.29) is 30.0 Å². The Morgan fingerprint density at radius 2 is 1.79 bits per heavy atom. The van der Waals surface area contributed by atoms with Crippen molar-refractivity contribution in [3.63, 3.8) is 0 Å². The largest absolute Gasteiger partial charge is 0.507 e. The summed E-state index contributed by atoms with van der Waals surface area (Å²) in [5, 5.41) is 9.66. The molecule has 5 nitrogen and oxygen atoms in total. The van der Waals surface area contributed by atoms with Crippen LogP contribution >= 0.6 is 11.8 Å². The van der Waals surface area contributed by atoms with E-state index >= 15 is 0 Å². The van der Waals surface area contributed by atoms with Crippen LogP contribution in [0.3, 0.4) is 0 Å². The molecule has 0 atom stereocenters. The van der Waals surface area contributed by atoms with Gasteiger partial charge < -0.3 is 9.84 Å². The lowest BCUT2D eigenvalue weighted by Gasteiger charge is -2.17.